The summed E-state index contributed by atoms with van der Waals surface area (Å²) >= 11 is 1.78. The summed E-state index contributed by atoms with van der Waals surface area (Å²) in [6.07, 6.45) is 2.59. The Labute approximate surface area is 152 Å². The molecule has 0 spiro atoms. The first-order valence-corrected chi connectivity index (χ1v) is 9.79. The predicted octanol–water partition coefficient (Wildman–Crippen LogP) is 4.26. The van der Waals surface area contributed by atoms with Crippen molar-refractivity contribution in [1.82, 2.24) is 9.88 Å². The van der Waals surface area contributed by atoms with Gasteiger partial charge in [-0.15, -0.1) is 11.3 Å². The molecule has 3 nitrogen and oxygen atoms in total. The fourth-order valence-electron chi connectivity index (χ4n) is 3.96. The van der Waals surface area contributed by atoms with Crippen molar-refractivity contribution < 1.29 is 5.11 Å². The summed E-state index contributed by atoms with van der Waals surface area (Å²) in [5.41, 5.74) is 4.92. The zero-order chi connectivity index (χ0) is 17.4. The van der Waals surface area contributed by atoms with Crippen molar-refractivity contribution in [3.63, 3.8) is 0 Å². The van der Waals surface area contributed by atoms with Crippen molar-refractivity contribution in [2.24, 2.45) is 0 Å². The number of likely N-dealkylation sites (tertiary alicyclic amines) is 1. The molecule has 25 heavy (non-hydrogen) atoms. The second kappa shape index (κ2) is 6.87. The second-order valence-corrected chi connectivity index (χ2v) is 8.05. The molecule has 0 amide bonds. The van der Waals surface area contributed by atoms with Crippen molar-refractivity contribution in [2.45, 2.75) is 38.8 Å². The van der Waals surface area contributed by atoms with Gasteiger partial charge in [0.15, 0.2) is 0 Å². The van der Waals surface area contributed by atoms with E-state index in [0.717, 1.165) is 31.6 Å². The average molecular weight is 353 g/mol. The van der Waals surface area contributed by atoms with Gasteiger partial charge in [0.25, 0.3) is 0 Å². The van der Waals surface area contributed by atoms with Crippen molar-refractivity contribution in [3.8, 4) is 0 Å². The highest BCUT2D eigenvalue weighted by Gasteiger charge is 2.30. The number of β-amino-alcohol motifs (C(OH)–C–C–N with tert-alkyl or cyclic N) is 1. The van der Waals surface area contributed by atoms with Crippen molar-refractivity contribution in [1.29, 1.82) is 0 Å². The maximum Gasteiger partial charge on any atom is 0.0744 e. The number of benzene rings is 1. The van der Waals surface area contributed by atoms with Gasteiger partial charge in [0.05, 0.1) is 11.6 Å². The minimum absolute atomic E-state index is 0.285. The smallest absolute Gasteiger partial charge is 0.0744 e. The first-order valence-electron chi connectivity index (χ1n) is 8.91. The molecular formula is C21H24N2OS. The van der Waals surface area contributed by atoms with Crippen molar-refractivity contribution in [3.05, 3.63) is 63.5 Å². The van der Waals surface area contributed by atoms with Crippen LogP contribution in [0.2, 0.25) is 0 Å². The van der Waals surface area contributed by atoms with Crippen LogP contribution in [0.25, 0.3) is 10.9 Å². The minimum atomic E-state index is -0.291. The van der Waals surface area contributed by atoms with E-state index in [9.17, 15) is 5.11 Å². The molecule has 1 aliphatic heterocycles. The summed E-state index contributed by atoms with van der Waals surface area (Å²) in [6, 6.07) is 10.7. The third kappa shape index (κ3) is 3.22. The number of aromatic nitrogens is 1. The van der Waals surface area contributed by atoms with Gasteiger partial charge in [0, 0.05) is 35.5 Å². The molecule has 1 saturated heterocycles. The highest BCUT2D eigenvalue weighted by atomic mass is 32.1. The molecule has 0 radical (unpaired) electrons. The minimum Gasteiger partial charge on any atom is -0.391 e. The summed E-state index contributed by atoms with van der Waals surface area (Å²) in [4.78, 5) is 8.27. The summed E-state index contributed by atoms with van der Waals surface area (Å²) in [6.45, 7) is 6.89. The van der Waals surface area contributed by atoms with Crippen LogP contribution in [0.4, 0.5) is 0 Å². The zero-order valence-corrected chi connectivity index (χ0v) is 15.6. The lowest BCUT2D eigenvalue weighted by Crippen LogP contribution is -2.42. The molecular weight excluding hydrogens is 328 g/mol. The van der Waals surface area contributed by atoms with E-state index in [2.05, 4.69) is 53.4 Å². The molecule has 130 valence electrons. The fraction of sp³-hybridized carbons (Fsp3) is 0.381. The number of thiophene rings is 1. The van der Waals surface area contributed by atoms with Crippen LogP contribution in [-0.2, 0) is 6.54 Å². The third-order valence-corrected chi connectivity index (χ3v) is 6.51. The molecule has 1 aliphatic rings. The van der Waals surface area contributed by atoms with Crippen LogP contribution in [0.3, 0.4) is 0 Å². The van der Waals surface area contributed by atoms with E-state index in [1.165, 1.54) is 27.0 Å². The highest BCUT2D eigenvalue weighted by Crippen LogP contribution is 2.34. The lowest BCUT2D eigenvalue weighted by molar-refractivity contribution is 0.0487. The number of hydrogen-bond acceptors (Lipinski definition) is 4. The Hall–Kier alpha value is -1.75. The van der Waals surface area contributed by atoms with Gasteiger partial charge < -0.3 is 5.11 Å². The van der Waals surface area contributed by atoms with Gasteiger partial charge in [-0.1, -0.05) is 18.2 Å². The molecule has 3 aromatic rings. The average Bonchev–Trinajstić information content (AvgIpc) is 3.04. The van der Waals surface area contributed by atoms with Gasteiger partial charge in [-0.05, 0) is 61.0 Å². The number of fused-ring (bicyclic) bond motifs is 1. The van der Waals surface area contributed by atoms with Gasteiger partial charge in [-0.2, -0.15) is 0 Å². The second-order valence-electron chi connectivity index (χ2n) is 7.11. The Bertz CT molecular complexity index is 888. The molecule has 1 N–H and O–H groups in total. The number of pyridine rings is 1. The standard InChI is InChI=1S/C21H24N2OS/c1-14-5-6-16(17-4-3-9-22-20(14)17)12-23-10-7-18(19(24)13-23)21-15(2)8-11-25-21/h3-6,8-9,11,18-19,24H,7,10,12-13H2,1-2H3/t18-,19-/m0/s1. The maximum atomic E-state index is 10.7. The molecule has 0 bridgehead atoms. The van der Waals surface area contributed by atoms with E-state index in [4.69, 9.17) is 0 Å². The van der Waals surface area contributed by atoms with Crippen LogP contribution in [0.5, 0.6) is 0 Å². The Morgan fingerprint density at radius 3 is 2.84 bits per heavy atom. The maximum absolute atomic E-state index is 10.7. The quantitative estimate of drug-likeness (QED) is 0.765. The summed E-state index contributed by atoms with van der Waals surface area (Å²) in [5.74, 6) is 0.285. The van der Waals surface area contributed by atoms with Gasteiger partial charge in [-0.25, -0.2) is 0 Å². The molecule has 2 aromatic heterocycles. The van der Waals surface area contributed by atoms with Crippen LogP contribution >= 0.6 is 11.3 Å². The topological polar surface area (TPSA) is 36.4 Å². The van der Waals surface area contributed by atoms with Gasteiger partial charge in [0.2, 0.25) is 0 Å². The molecule has 4 heteroatoms. The summed E-state index contributed by atoms with van der Waals surface area (Å²) < 4.78 is 0. The van der Waals surface area contributed by atoms with Gasteiger partial charge in [-0.3, -0.25) is 9.88 Å². The molecule has 1 fully saturated rings. The number of piperidine rings is 1. The Balaban J connectivity index is 1.52. The molecule has 4 rings (SSSR count). The predicted molar refractivity (Wildman–Crippen MR) is 104 cm³/mol. The third-order valence-electron chi connectivity index (χ3n) is 5.36. The Morgan fingerprint density at radius 2 is 2.08 bits per heavy atom. The van der Waals surface area contributed by atoms with Crippen LogP contribution < -0.4 is 0 Å². The number of aliphatic hydroxyl groups excluding tert-OH is 1. The molecule has 0 aliphatic carbocycles. The van der Waals surface area contributed by atoms with E-state index in [-0.39, 0.29) is 12.0 Å². The summed E-state index contributed by atoms with van der Waals surface area (Å²) in [5, 5.41) is 14.1. The number of nitrogens with zero attached hydrogens (tertiary/aromatic N) is 2. The van der Waals surface area contributed by atoms with Crippen LogP contribution in [-0.4, -0.2) is 34.2 Å². The van der Waals surface area contributed by atoms with E-state index < -0.39 is 0 Å². The number of rotatable bonds is 3. The molecule has 3 heterocycles. The molecule has 0 unspecified atom stereocenters. The molecule has 1 aromatic carbocycles. The highest BCUT2D eigenvalue weighted by molar-refractivity contribution is 7.10. The number of aliphatic hydroxyl groups is 1. The first kappa shape index (κ1) is 16.7. The van der Waals surface area contributed by atoms with Crippen LogP contribution in [0.1, 0.15) is 33.9 Å². The lowest BCUT2D eigenvalue weighted by Gasteiger charge is -2.36. The van der Waals surface area contributed by atoms with Crippen molar-refractivity contribution >= 4 is 22.2 Å². The Morgan fingerprint density at radius 1 is 1.20 bits per heavy atom. The van der Waals surface area contributed by atoms with Crippen LogP contribution in [0, 0.1) is 13.8 Å². The largest absolute Gasteiger partial charge is 0.391 e. The fourth-order valence-corrected chi connectivity index (χ4v) is 5.09. The molecule has 0 saturated carbocycles. The van der Waals surface area contributed by atoms with Gasteiger partial charge >= 0.3 is 0 Å². The normalized spacial score (nSPS) is 21.7. The molecule has 2 atom stereocenters. The lowest BCUT2D eigenvalue weighted by atomic mass is 9.90. The van der Waals surface area contributed by atoms with E-state index >= 15 is 0 Å². The first-order chi connectivity index (χ1) is 12.1. The van der Waals surface area contributed by atoms with E-state index in [1.54, 1.807) is 11.3 Å². The van der Waals surface area contributed by atoms with Crippen LogP contribution in [0.15, 0.2) is 41.9 Å². The SMILES string of the molecule is Cc1ccsc1[C@H]1CCN(Cc2ccc(C)c3ncccc23)C[C@@H]1O. The van der Waals surface area contributed by atoms with Gasteiger partial charge in [0.1, 0.15) is 0 Å². The monoisotopic (exact) mass is 352 g/mol. The number of aryl methyl sites for hydroxylation is 2. The van der Waals surface area contributed by atoms with Crippen molar-refractivity contribution in [2.75, 3.05) is 13.1 Å². The van der Waals surface area contributed by atoms with E-state index in [1.807, 2.05) is 12.3 Å². The summed E-state index contributed by atoms with van der Waals surface area (Å²) in [7, 11) is 0. The Kier molecular flexibility index (Phi) is 4.59. The zero-order valence-electron chi connectivity index (χ0n) is 14.8. The number of hydrogen-bond donors (Lipinski definition) is 1. The van der Waals surface area contributed by atoms with E-state index in [0.29, 0.717) is 0 Å².